The van der Waals surface area contributed by atoms with Crippen LogP contribution < -0.4 is 16.2 Å². The average Bonchev–Trinajstić information content (AvgIpc) is 2.41. The van der Waals surface area contributed by atoms with Crippen molar-refractivity contribution < 1.29 is 0 Å². The van der Waals surface area contributed by atoms with Crippen molar-refractivity contribution in [2.45, 2.75) is 44.7 Å². The van der Waals surface area contributed by atoms with Gasteiger partial charge in [-0.05, 0) is 18.8 Å². The summed E-state index contributed by atoms with van der Waals surface area (Å²) >= 11 is 0. The van der Waals surface area contributed by atoms with E-state index in [1.807, 2.05) is 19.0 Å². The van der Waals surface area contributed by atoms with Gasteiger partial charge in [-0.1, -0.05) is 19.3 Å². The summed E-state index contributed by atoms with van der Waals surface area (Å²) in [6, 6.07) is 1.65. The van der Waals surface area contributed by atoms with E-state index < -0.39 is 0 Å². The standard InChI is InChI=1S/C14H24N4O/c1-17(2)12-8-14(19)18(16-9-12)10-13(15)11-6-4-3-5-7-11/h8-9,11,13H,3-7,10,15H2,1-2H3. The summed E-state index contributed by atoms with van der Waals surface area (Å²) < 4.78 is 1.49. The first-order valence-corrected chi connectivity index (χ1v) is 7.08. The van der Waals surface area contributed by atoms with Crippen molar-refractivity contribution in [3.63, 3.8) is 0 Å². The minimum atomic E-state index is -0.0718. The summed E-state index contributed by atoms with van der Waals surface area (Å²) in [4.78, 5) is 13.9. The number of rotatable bonds is 4. The number of aromatic nitrogens is 2. The summed E-state index contributed by atoms with van der Waals surface area (Å²) in [5, 5.41) is 4.22. The van der Waals surface area contributed by atoms with E-state index in [4.69, 9.17) is 5.73 Å². The Balaban J connectivity index is 2.04. The van der Waals surface area contributed by atoms with Crippen LogP contribution in [0, 0.1) is 5.92 Å². The molecule has 0 saturated heterocycles. The molecule has 2 N–H and O–H groups in total. The molecule has 2 rings (SSSR count). The van der Waals surface area contributed by atoms with Gasteiger partial charge in [-0.15, -0.1) is 0 Å². The molecule has 0 spiro atoms. The van der Waals surface area contributed by atoms with E-state index >= 15 is 0 Å². The highest BCUT2D eigenvalue weighted by Gasteiger charge is 2.21. The summed E-state index contributed by atoms with van der Waals surface area (Å²) in [5.41, 5.74) is 6.99. The SMILES string of the molecule is CN(C)c1cnn(CC(N)C2CCCCC2)c(=O)c1. The maximum atomic E-state index is 12.0. The monoisotopic (exact) mass is 264 g/mol. The quantitative estimate of drug-likeness (QED) is 0.888. The van der Waals surface area contributed by atoms with Crippen LogP contribution in [0.2, 0.25) is 0 Å². The molecule has 1 heterocycles. The molecule has 1 atom stereocenters. The molecule has 19 heavy (non-hydrogen) atoms. The summed E-state index contributed by atoms with van der Waals surface area (Å²) in [5.74, 6) is 0.538. The van der Waals surface area contributed by atoms with Crippen LogP contribution in [-0.2, 0) is 6.54 Å². The van der Waals surface area contributed by atoms with Gasteiger partial charge < -0.3 is 10.6 Å². The molecule has 1 aromatic heterocycles. The van der Waals surface area contributed by atoms with Crippen LogP contribution in [0.3, 0.4) is 0 Å². The fourth-order valence-electron chi connectivity index (χ4n) is 2.72. The lowest BCUT2D eigenvalue weighted by Crippen LogP contribution is -2.39. The molecule has 1 saturated carbocycles. The molecular formula is C14H24N4O. The predicted molar refractivity (Wildman–Crippen MR) is 77.4 cm³/mol. The number of nitrogens with two attached hydrogens (primary N) is 1. The van der Waals surface area contributed by atoms with E-state index in [-0.39, 0.29) is 11.6 Å². The molecule has 1 fully saturated rings. The van der Waals surface area contributed by atoms with E-state index in [0.29, 0.717) is 12.5 Å². The molecule has 106 valence electrons. The lowest BCUT2D eigenvalue weighted by atomic mass is 9.84. The van der Waals surface area contributed by atoms with Crippen molar-refractivity contribution in [2.75, 3.05) is 19.0 Å². The molecule has 0 bridgehead atoms. The van der Waals surface area contributed by atoms with E-state index in [1.165, 1.54) is 36.8 Å². The number of anilines is 1. The largest absolute Gasteiger partial charge is 0.376 e. The Morgan fingerprint density at radius 3 is 2.68 bits per heavy atom. The van der Waals surface area contributed by atoms with E-state index in [9.17, 15) is 4.79 Å². The van der Waals surface area contributed by atoms with Gasteiger partial charge in [0.25, 0.3) is 5.56 Å². The number of hydrogen-bond donors (Lipinski definition) is 1. The third-order valence-corrected chi connectivity index (χ3v) is 4.01. The molecule has 1 unspecified atom stereocenters. The van der Waals surface area contributed by atoms with Gasteiger partial charge in [-0.3, -0.25) is 4.79 Å². The van der Waals surface area contributed by atoms with Crippen molar-refractivity contribution in [1.29, 1.82) is 0 Å². The zero-order chi connectivity index (χ0) is 13.8. The Hall–Kier alpha value is -1.36. The Bertz CT molecular complexity index is 463. The highest BCUT2D eigenvalue weighted by Crippen LogP contribution is 2.25. The average molecular weight is 264 g/mol. The first-order valence-electron chi connectivity index (χ1n) is 7.08. The molecule has 0 amide bonds. The lowest BCUT2D eigenvalue weighted by molar-refractivity contribution is 0.277. The second-order valence-corrected chi connectivity index (χ2v) is 5.69. The van der Waals surface area contributed by atoms with Gasteiger partial charge in [0, 0.05) is 26.2 Å². The van der Waals surface area contributed by atoms with E-state index in [2.05, 4.69) is 5.10 Å². The summed E-state index contributed by atoms with van der Waals surface area (Å²) in [6.45, 7) is 0.525. The third-order valence-electron chi connectivity index (χ3n) is 4.01. The van der Waals surface area contributed by atoms with Gasteiger partial charge in [0.2, 0.25) is 0 Å². The van der Waals surface area contributed by atoms with Gasteiger partial charge >= 0.3 is 0 Å². The molecule has 0 radical (unpaired) electrons. The van der Waals surface area contributed by atoms with Crippen LogP contribution >= 0.6 is 0 Å². The van der Waals surface area contributed by atoms with Crippen LogP contribution in [0.15, 0.2) is 17.1 Å². The Labute approximate surface area is 114 Å². The first-order chi connectivity index (χ1) is 9.08. The fourth-order valence-corrected chi connectivity index (χ4v) is 2.72. The number of hydrogen-bond acceptors (Lipinski definition) is 4. The van der Waals surface area contributed by atoms with Gasteiger partial charge in [0.15, 0.2) is 0 Å². The molecule has 5 heteroatoms. The van der Waals surface area contributed by atoms with Gasteiger partial charge in [0.05, 0.1) is 18.4 Å². The summed E-state index contributed by atoms with van der Waals surface area (Å²) in [6.07, 6.45) is 7.94. The van der Waals surface area contributed by atoms with Crippen LogP contribution in [0.5, 0.6) is 0 Å². The van der Waals surface area contributed by atoms with Gasteiger partial charge in [-0.25, -0.2) is 4.68 Å². The van der Waals surface area contributed by atoms with Crippen LogP contribution in [0.4, 0.5) is 5.69 Å². The van der Waals surface area contributed by atoms with Crippen molar-refractivity contribution in [1.82, 2.24) is 9.78 Å². The number of nitrogens with zero attached hydrogens (tertiary/aromatic N) is 3. The molecular weight excluding hydrogens is 240 g/mol. The maximum Gasteiger partial charge on any atom is 0.268 e. The zero-order valence-corrected chi connectivity index (χ0v) is 11.9. The smallest absolute Gasteiger partial charge is 0.268 e. The van der Waals surface area contributed by atoms with E-state index in [1.54, 1.807) is 12.3 Å². The molecule has 1 aromatic rings. The van der Waals surface area contributed by atoms with Gasteiger partial charge in [-0.2, -0.15) is 5.10 Å². The molecule has 5 nitrogen and oxygen atoms in total. The topological polar surface area (TPSA) is 64.2 Å². The van der Waals surface area contributed by atoms with Crippen LogP contribution in [0.1, 0.15) is 32.1 Å². The molecule has 1 aliphatic carbocycles. The minimum absolute atomic E-state index is 0.0377. The fraction of sp³-hybridized carbons (Fsp3) is 0.714. The zero-order valence-electron chi connectivity index (χ0n) is 11.9. The lowest BCUT2D eigenvalue weighted by Gasteiger charge is -2.27. The Kier molecular flexibility index (Phi) is 4.58. The second kappa shape index (κ2) is 6.19. The normalized spacial score (nSPS) is 18.3. The first kappa shape index (κ1) is 14.1. The van der Waals surface area contributed by atoms with Crippen molar-refractivity contribution in [3.05, 3.63) is 22.6 Å². The highest BCUT2D eigenvalue weighted by atomic mass is 16.1. The Morgan fingerprint density at radius 1 is 1.42 bits per heavy atom. The minimum Gasteiger partial charge on any atom is -0.376 e. The predicted octanol–water partition coefficient (Wildman–Crippen LogP) is 1.22. The molecule has 1 aliphatic rings. The van der Waals surface area contributed by atoms with Crippen molar-refractivity contribution in [2.24, 2.45) is 11.7 Å². The second-order valence-electron chi connectivity index (χ2n) is 5.69. The highest BCUT2D eigenvalue weighted by molar-refractivity contribution is 5.40. The van der Waals surface area contributed by atoms with Crippen LogP contribution in [-0.4, -0.2) is 29.9 Å². The van der Waals surface area contributed by atoms with Crippen LogP contribution in [0.25, 0.3) is 0 Å². The van der Waals surface area contributed by atoms with Gasteiger partial charge in [0.1, 0.15) is 0 Å². The molecule has 0 aliphatic heterocycles. The maximum absolute atomic E-state index is 12.0. The molecule has 0 aromatic carbocycles. The Morgan fingerprint density at radius 2 is 2.11 bits per heavy atom. The summed E-state index contributed by atoms with van der Waals surface area (Å²) in [7, 11) is 3.79. The van der Waals surface area contributed by atoms with Crippen molar-refractivity contribution in [3.8, 4) is 0 Å². The third kappa shape index (κ3) is 3.56. The van der Waals surface area contributed by atoms with Crippen molar-refractivity contribution >= 4 is 5.69 Å². The van der Waals surface area contributed by atoms with E-state index in [0.717, 1.165) is 5.69 Å².